The average molecular weight is 542 g/mol. The van der Waals surface area contributed by atoms with E-state index in [4.69, 9.17) is 16.1 Å². The SMILES string of the molecule is CC(c1cc(NC(=O)[C@H](C(C2CC2)C2CC2)N(C)C(=O)c2ccnn2C(C)C)on1)c1cc(Cl)n[nH]c1=O. The molecule has 12 heteroatoms. The summed E-state index contributed by atoms with van der Waals surface area (Å²) in [4.78, 5) is 41.2. The molecule has 5 rings (SSSR count). The molecule has 2 amide bonds. The van der Waals surface area contributed by atoms with Crippen LogP contribution < -0.4 is 10.9 Å². The molecular formula is C26H32ClN7O4. The summed E-state index contributed by atoms with van der Waals surface area (Å²) in [6.07, 6.45) is 5.84. The molecule has 2 aliphatic rings. The summed E-state index contributed by atoms with van der Waals surface area (Å²) in [5.41, 5.74) is 0.898. The van der Waals surface area contributed by atoms with Crippen molar-refractivity contribution in [3.63, 3.8) is 0 Å². The van der Waals surface area contributed by atoms with Crippen LogP contribution in [0.4, 0.5) is 5.88 Å². The van der Waals surface area contributed by atoms with Gasteiger partial charge in [0.1, 0.15) is 16.9 Å². The van der Waals surface area contributed by atoms with Crippen LogP contribution in [0.1, 0.15) is 80.2 Å². The second-order valence-electron chi connectivity index (χ2n) is 10.7. The Balaban J connectivity index is 1.39. The molecular weight excluding hydrogens is 510 g/mol. The summed E-state index contributed by atoms with van der Waals surface area (Å²) in [5, 5.41) is 17.4. The number of hydrogen-bond acceptors (Lipinski definition) is 7. The van der Waals surface area contributed by atoms with Crippen molar-refractivity contribution in [3.8, 4) is 0 Å². The number of carbonyl (C=O) groups excluding carboxylic acids is 2. The number of rotatable bonds is 10. The van der Waals surface area contributed by atoms with Gasteiger partial charge in [-0.2, -0.15) is 10.2 Å². The minimum absolute atomic E-state index is 0.00408. The van der Waals surface area contributed by atoms with Crippen LogP contribution in [-0.2, 0) is 4.79 Å². The molecule has 1 unspecified atom stereocenters. The van der Waals surface area contributed by atoms with Gasteiger partial charge in [-0.25, -0.2) is 5.10 Å². The highest BCUT2D eigenvalue weighted by molar-refractivity contribution is 6.29. The maximum absolute atomic E-state index is 13.8. The summed E-state index contributed by atoms with van der Waals surface area (Å²) >= 11 is 5.95. The molecule has 0 aliphatic heterocycles. The molecule has 2 N–H and O–H groups in total. The second-order valence-corrected chi connectivity index (χ2v) is 11.1. The molecule has 0 saturated heterocycles. The van der Waals surface area contributed by atoms with Gasteiger partial charge in [-0.3, -0.25) is 24.4 Å². The van der Waals surface area contributed by atoms with Gasteiger partial charge in [-0.05, 0) is 69.4 Å². The largest absolute Gasteiger partial charge is 0.338 e. The van der Waals surface area contributed by atoms with E-state index in [0.717, 1.165) is 25.7 Å². The Hall–Kier alpha value is -3.47. The summed E-state index contributed by atoms with van der Waals surface area (Å²) in [6, 6.07) is 4.09. The zero-order valence-electron chi connectivity index (χ0n) is 21.8. The Bertz CT molecular complexity index is 1380. The third-order valence-electron chi connectivity index (χ3n) is 7.57. The van der Waals surface area contributed by atoms with Crippen molar-refractivity contribution < 1.29 is 14.1 Å². The topological polar surface area (TPSA) is 139 Å². The number of carbonyl (C=O) groups is 2. The lowest BCUT2D eigenvalue weighted by Crippen LogP contribution is -2.51. The maximum atomic E-state index is 13.8. The van der Waals surface area contributed by atoms with Gasteiger partial charge < -0.3 is 9.42 Å². The molecule has 3 aromatic heterocycles. The first-order valence-corrected chi connectivity index (χ1v) is 13.4. The quantitative estimate of drug-likeness (QED) is 0.397. The number of aromatic nitrogens is 5. The zero-order valence-corrected chi connectivity index (χ0v) is 22.6. The Morgan fingerprint density at radius 3 is 2.50 bits per heavy atom. The maximum Gasteiger partial charge on any atom is 0.272 e. The van der Waals surface area contributed by atoms with Crippen molar-refractivity contribution in [2.24, 2.45) is 17.8 Å². The molecule has 3 heterocycles. The van der Waals surface area contributed by atoms with E-state index in [2.05, 4.69) is 25.8 Å². The summed E-state index contributed by atoms with van der Waals surface area (Å²) in [6.45, 7) is 5.70. The minimum atomic E-state index is -0.675. The van der Waals surface area contributed by atoms with Crippen LogP contribution in [0.3, 0.4) is 0 Å². The number of anilines is 1. The highest BCUT2D eigenvalue weighted by Gasteiger charge is 2.50. The van der Waals surface area contributed by atoms with Gasteiger partial charge in [0, 0.05) is 36.8 Å². The number of halogens is 1. The number of nitrogens with zero attached hydrogens (tertiary/aromatic N) is 5. The molecule has 202 valence electrons. The number of hydrogen-bond donors (Lipinski definition) is 2. The predicted molar refractivity (Wildman–Crippen MR) is 140 cm³/mol. The molecule has 0 bridgehead atoms. The predicted octanol–water partition coefficient (Wildman–Crippen LogP) is 3.86. The van der Waals surface area contributed by atoms with Crippen LogP contribution in [-0.4, -0.2) is 54.9 Å². The van der Waals surface area contributed by atoms with E-state index in [1.165, 1.54) is 6.07 Å². The molecule has 2 saturated carbocycles. The lowest BCUT2D eigenvalue weighted by atomic mass is 9.87. The molecule has 2 fully saturated rings. The molecule has 3 aromatic rings. The van der Waals surface area contributed by atoms with E-state index in [9.17, 15) is 14.4 Å². The lowest BCUT2D eigenvalue weighted by molar-refractivity contribution is -0.122. The van der Waals surface area contributed by atoms with Gasteiger partial charge in [-0.15, -0.1) is 0 Å². The van der Waals surface area contributed by atoms with Crippen molar-refractivity contribution in [1.82, 2.24) is 30.0 Å². The zero-order chi connectivity index (χ0) is 27.1. The first kappa shape index (κ1) is 26.1. The highest BCUT2D eigenvalue weighted by Crippen LogP contribution is 2.51. The highest BCUT2D eigenvalue weighted by atomic mass is 35.5. The first-order chi connectivity index (χ1) is 18.2. The number of H-pyrrole nitrogens is 1. The van der Waals surface area contributed by atoms with Crippen molar-refractivity contribution in [2.45, 2.75) is 64.5 Å². The molecule has 0 aromatic carbocycles. The molecule has 38 heavy (non-hydrogen) atoms. The van der Waals surface area contributed by atoms with Crippen molar-refractivity contribution in [2.75, 3.05) is 12.4 Å². The minimum Gasteiger partial charge on any atom is -0.338 e. The van der Waals surface area contributed by atoms with Crippen LogP contribution in [0.15, 0.2) is 33.7 Å². The lowest BCUT2D eigenvalue weighted by Gasteiger charge is -2.34. The first-order valence-electron chi connectivity index (χ1n) is 13.0. The standard InChI is InChI=1S/C26H32ClN7O4/c1-13(2)34-19(9-10-28-34)26(37)33(4)23(22(15-5-6-15)16-7-8-16)25(36)29-21-12-18(32-38-21)14(3)17-11-20(27)30-31-24(17)35/h9-16,22-23H,5-8H2,1-4H3,(H,29,36)(H,31,35)/t14?,23-/m0/s1. The van der Waals surface area contributed by atoms with Crippen LogP contribution in [0.2, 0.25) is 5.15 Å². The fourth-order valence-corrected chi connectivity index (χ4v) is 5.46. The molecule has 11 nitrogen and oxygen atoms in total. The third-order valence-corrected chi connectivity index (χ3v) is 7.76. The fraction of sp³-hybridized carbons (Fsp3) is 0.538. The average Bonchev–Trinajstić information content (AvgIpc) is 3.81. The van der Waals surface area contributed by atoms with Gasteiger partial charge in [0.15, 0.2) is 0 Å². The molecule has 2 atom stereocenters. The summed E-state index contributed by atoms with van der Waals surface area (Å²) in [7, 11) is 1.69. The molecule has 2 aliphatic carbocycles. The monoisotopic (exact) mass is 541 g/mol. The normalized spacial score (nSPS) is 17.0. The fourth-order valence-electron chi connectivity index (χ4n) is 5.30. The summed E-state index contributed by atoms with van der Waals surface area (Å²) < 4.78 is 7.11. The number of likely N-dealkylation sites (N-methyl/N-ethyl adjacent to an activating group) is 1. The van der Waals surface area contributed by atoms with Crippen molar-refractivity contribution >= 4 is 29.3 Å². The van der Waals surface area contributed by atoms with Gasteiger partial charge >= 0.3 is 0 Å². The van der Waals surface area contributed by atoms with Gasteiger partial charge in [0.2, 0.25) is 11.8 Å². The smallest absolute Gasteiger partial charge is 0.272 e. The molecule has 0 radical (unpaired) electrons. The Morgan fingerprint density at radius 2 is 1.87 bits per heavy atom. The van der Waals surface area contributed by atoms with E-state index < -0.39 is 12.0 Å². The van der Waals surface area contributed by atoms with Gasteiger partial charge in [0.05, 0.1) is 5.69 Å². The second kappa shape index (κ2) is 10.4. The van der Waals surface area contributed by atoms with E-state index in [-0.39, 0.29) is 40.4 Å². The number of aromatic amines is 1. The van der Waals surface area contributed by atoms with E-state index in [1.54, 1.807) is 41.9 Å². The van der Waals surface area contributed by atoms with Gasteiger partial charge in [0.25, 0.3) is 11.5 Å². The van der Waals surface area contributed by atoms with Crippen LogP contribution >= 0.6 is 11.6 Å². The van der Waals surface area contributed by atoms with Crippen molar-refractivity contribution in [1.29, 1.82) is 0 Å². The Morgan fingerprint density at radius 1 is 1.18 bits per heavy atom. The third kappa shape index (κ3) is 5.24. The Labute approximate surface area is 224 Å². The van der Waals surface area contributed by atoms with E-state index >= 15 is 0 Å². The summed E-state index contributed by atoms with van der Waals surface area (Å²) in [5.74, 6) is 0.0310. The van der Waals surface area contributed by atoms with Crippen LogP contribution in [0.5, 0.6) is 0 Å². The van der Waals surface area contributed by atoms with Gasteiger partial charge in [-0.1, -0.05) is 23.7 Å². The van der Waals surface area contributed by atoms with E-state index in [1.807, 2.05) is 13.8 Å². The number of amides is 2. The number of nitrogens with one attached hydrogen (secondary N) is 2. The van der Waals surface area contributed by atoms with E-state index in [0.29, 0.717) is 28.8 Å². The Kier molecular flexibility index (Phi) is 7.13. The van der Waals surface area contributed by atoms with Crippen molar-refractivity contribution in [3.05, 3.63) is 56.9 Å². The van der Waals surface area contributed by atoms with Crippen LogP contribution in [0.25, 0.3) is 0 Å². The molecule has 0 spiro atoms. The van der Waals surface area contributed by atoms with Crippen LogP contribution in [0, 0.1) is 17.8 Å².